The Balaban J connectivity index is 2.28. The zero-order valence-electron chi connectivity index (χ0n) is 15.8. The SMILES string of the molecule is CCOC(=O)/N=C(\NC(=O)OC)Nc1ccc(Sc2ccccc2)cc1NC=O. The molecule has 9 nitrogen and oxygen atoms in total. The van der Waals surface area contributed by atoms with E-state index in [1.54, 1.807) is 19.1 Å². The van der Waals surface area contributed by atoms with E-state index in [4.69, 9.17) is 4.74 Å². The number of anilines is 2. The Morgan fingerprint density at radius 2 is 1.86 bits per heavy atom. The highest BCUT2D eigenvalue weighted by molar-refractivity contribution is 7.99. The van der Waals surface area contributed by atoms with Crippen LogP contribution in [0.2, 0.25) is 0 Å². The summed E-state index contributed by atoms with van der Waals surface area (Å²) in [5.74, 6) is -0.215. The Morgan fingerprint density at radius 3 is 2.52 bits per heavy atom. The van der Waals surface area contributed by atoms with Crippen LogP contribution < -0.4 is 16.0 Å². The highest BCUT2D eigenvalue weighted by Gasteiger charge is 2.13. The molecule has 0 radical (unpaired) electrons. The number of rotatable bonds is 6. The van der Waals surface area contributed by atoms with Gasteiger partial charge >= 0.3 is 12.2 Å². The van der Waals surface area contributed by atoms with Crippen LogP contribution >= 0.6 is 11.8 Å². The van der Waals surface area contributed by atoms with Crippen molar-refractivity contribution in [2.45, 2.75) is 16.7 Å². The van der Waals surface area contributed by atoms with E-state index in [0.29, 0.717) is 17.8 Å². The van der Waals surface area contributed by atoms with Gasteiger partial charge in [-0.05, 0) is 37.3 Å². The summed E-state index contributed by atoms with van der Waals surface area (Å²) in [7, 11) is 1.17. The minimum atomic E-state index is -0.896. The maximum atomic E-state index is 11.7. The van der Waals surface area contributed by atoms with E-state index in [0.717, 1.165) is 9.79 Å². The third-order valence-corrected chi connectivity index (χ3v) is 4.31. The minimum absolute atomic E-state index is 0.122. The summed E-state index contributed by atoms with van der Waals surface area (Å²) in [6, 6.07) is 15.0. The van der Waals surface area contributed by atoms with Gasteiger partial charge in [0.05, 0.1) is 25.1 Å². The van der Waals surface area contributed by atoms with E-state index in [-0.39, 0.29) is 12.6 Å². The number of alkyl carbamates (subject to hydrolysis) is 1. The van der Waals surface area contributed by atoms with Crippen LogP contribution in [0.25, 0.3) is 0 Å². The second-order valence-corrected chi connectivity index (χ2v) is 6.43. The van der Waals surface area contributed by atoms with Crippen LogP contribution in [0.5, 0.6) is 0 Å². The van der Waals surface area contributed by atoms with Gasteiger partial charge in [-0.2, -0.15) is 0 Å². The molecule has 2 aromatic carbocycles. The molecule has 2 aromatic rings. The molecule has 0 saturated heterocycles. The third kappa shape index (κ3) is 7.18. The van der Waals surface area contributed by atoms with Crippen LogP contribution in [0.1, 0.15) is 6.92 Å². The fourth-order valence-electron chi connectivity index (χ4n) is 2.11. The third-order valence-electron chi connectivity index (χ3n) is 3.31. The molecule has 152 valence electrons. The zero-order chi connectivity index (χ0) is 21.1. The van der Waals surface area contributed by atoms with Crippen LogP contribution in [0.15, 0.2) is 63.3 Å². The molecule has 0 fully saturated rings. The fraction of sp³-hybridized carbons (Fsp3) is 0.158. The molecule has 0 saturated carbocycles. The molecule has 0 atom stereocenters. The lowest BCUT2D eigenvalue weighted by Crippen LogP contribution is -2.36. The van der Waals surface area contributed by atoms with E-state index in [2.05, 4.69) is 25.7 Å². The molecule has 0 heterocycles. The summed E-state index contributed by atoms with van der Waals surface area (Å²) in [6.45, 7) is 1.75. The van der Waals surface area contributed by atoms with Crippen molar-refractivity contribution >= 4 is 47.7 Å². The molecular weight excluding hydrogens is 396 g/mol. The van der Waals surface area contributed by atoms with E-state index in [1.807, 2.05) is 36.4 Å². The molecule has 0 aliphatic rings. The number of nitrogens with zero attached hydrogens (tertiary/aromatic N) is 1. The summed E-state index contributed by atoms with van der Waals surface area (Å²) < 4.78 is 9.28. The zero-order valence-corrected chi connectivity index (χ0v) is 16.6. The number of ether oxygens (including phenoxy) is 2. The van der Waals surface area contributed by atoms with Crippen molar-refractivity contribution in [3.63, 3.8) is 0 Å². The van der Waals surface area contributed by atoms with Crippen LogP contribution in [-0.4, -0.2) is 38.3 Å². The Hall–Kier alpha value is -3.53. The van der Waals surface area contributed by atoms with E-state index >= 15 is 0 Å². The predicted octanol–water partition coefficient (Wildman–Crippen LogP) is 3.69. The van der Waals surface area contributed by atoms with E-state index < -0.39 is 12.2 Å². The fourth-order valence-corrected chi connectivity index (χ4v) is 2.99. The van der Waals surface area contributed by atoms with Gasteiger partial charge in [0.15, 0.2) is 0 Å². The first-order valence-electron chi connectivity index (χ1n) is 8.50. The average Bonchev–Trinajstić information content (AvgIpc) is 2.71. The number of amides is 3. The normalized spacial score (nSPS) is 10.6. The van der Waals surface area contributed by atoms with Crippen LogP contribution in [0, 0.1) is 0 Å². The van der Waals surface area contributed by atoms with Crippen molar-refractivity contribution in [3.8, 4) is 0 Å². The molecule has 0 aliphatic carbocycles. The average molecular weight is 416 g/mol. The van der Waals surface area contributed by atoms with Crippen molar-refractivity contribution in [2.24, 2.45) is 4.99 Å². The maximum Gasteiger partial charge on any atom is 0.436 e. The second kappa shape index (κ2) is 11.3. The van der Waals surface area contributed by atoms with Gasteiger partial charge in [0.2, 0.25) is 12.4 Å². The number of aliphatic imine (C=N–C) groups is 1. The summed E-state index contributed by atoms with van der Waals surface area (Å²) in [5, 5.41) is 7.65. The van der Waals surface area contributed by atoms with Gasteiger partial charge < -0.3 is 20.1 Å². The quantitative estimate of drug-likeness (QED) is 0.373. The highest BCUT2D eigenvalue weighted by Crippen LogP contribution is 2.32. The number of hydrogen-bond donors (Lipinski definition) is 3. The maximum absolute atomic E-state index is 11.7. The molecule has 0 bridgehead atoms. The Morgan fingerprint density at radius 1 is 1.10 bits per heavy atom. The molecule has 0 aliphatic heterocycles. The summed E-state index contributed by atoms with van der Waals surface area (Å²) in [4.78, 5) is 39.8. The van der Waals surface area contributed by atoms with Gasteiger partial charge in [0.25, 0.3) is 0 Å². The summed E-state index contributed by atoms with van der Waals surface area (Å²) in [6.07, 6.45) is -1.21. The topological polar surface area (TPSA) is 118 Å². The van der Waals surface area contributed by atoms with Crippen LogP contribution in [0.4, 0.5) is 21.0 Å². The number of hydrogen-bond acceptors (Lipinski definition) is 6. The number of carbonyl (C=O) groups is 3. The Bertz CT molecular complexity index is 889. The van der Waals surface area contributed by atoms with E-state index in [1.165, 1.54) is 18.9 Å². The number of nitrogens with one attached hydrogen (secondary N) is 3. The summed E-state index contributed by atoms with van der Waals surface area (Å²) >= 11 is 1.51. The first kappa shape index (κ1) is 21.8. The van der Waals surface area contributed by atoms with Crippen molar-refractivity contribution in [3.05, 3.63) is 48.5 Å². The van der Waals surface area contributed by atoms with Gasteiger partial charge in [-0.3, -0.25) is 10.1 Å². The number of guanidine groups is 1. The lowest BCUT2D eigenvalue weighted by Gasteiger charge is -2.14. The lowest BCUT2D eigenvalue weighted by molar-refractivity contribution is -0.105. The van der Waals surface area contributed by atoms with Gasteiger partial charge in [-0.25, -0.2) is 9.59 Å². The number of methoxy groups -OCH3 is 1. The minimum Gasteiger partial charge on any atom is -0.453 e. The lowest BCUT2D eigenvalue weighted by atomic mass is 10.2. The molecule has 0 spiro atoms. The van der Waals surface area contributed by atoms with Gasteiger partial charge in [0.1, 0.15) is 0 Å². The molecule has 3 amide bonds. The molecule has 2 rings (SSSR count). The number of benzene rings is 2. The van der Waals surface area contributed by atoms with Crippen molar-refractivity contribution in [1.82, 2.24) is 5.32 Å². The van der Waals surface area contributed by atoms with Crippen LogP contribution in [-0.2, 0) is 14.3 Å². The van der Waals surface area contributed by atoms with Gasteiger partial charge in [0, 0.05) is 9.79 Å². The first-order chi connectivity index (χ1) is 14.0. The monoisotopic (exact) mass is 416 g/mol. The smallest absolute Gasteiger partial charge is 0.436 e. The molecule has 0 aromatic heterocycles. The van der Waals surface area contributed by atoms with E-state index in [9.17, 15) is 14.4 Å². The molecule has 29 heavy (non-hydrogen) atoms. The predicted molar refractivity (Wildman–Crippen MR) is 110 cm³/mol. The molecular formula is C19H20N4O5S. The van der Waals surface area contributed by atoms with Gasteiger partial charge in [-0.15, -0.1) is 4.99 Å². The summed E-state index contributed by atoms with van der Waals surface area (Å²) in [5.41, 5.74) is 0.818. The molecule has 3 N–H and O–H groups in total. The second-order valence-electron chi connectivity index (χ2n) is 5.29. The molecule has 10 heteroatoms. The Kier molecular flexibility index (Phi) is 8.51. The van der Waals surface area contributed by atoms with Crippen LogP contribution in [0.3, 0.4) is 0 Å². The van der Waals surface area contributed by atoms with Crippen molar-refractivity contribution in [1.29, 1.82) is 0 Å². The van der Waals surface area contributed by atoms with Crippen molar-refractivity contribution < 1.29 is 23.9 Å². The highest BCUT2D eigenvalue weighted by atomic mass is 32.2. The largest absolute Gasteiger partial charge is 0.453 e. The van der Waals surface area contributed by atoms with Crippen molar-refractivity contribution in [2.75, 3.05) is 24.4 Å². The standard InChI is InChI=1S/C19H20N4O5S/c1-3-28-19(26)23-17(22-18(25)27-2)21-15-10-9-14(11-16(15)20-12-24)29-13-7-5-4-6-8-13/h4-12H,3H2,1-2H3,(H,20,24)(H2,21,22,23,25,26). The molecule has 0 unspecified atom stereocenters. The first-order valence-corrected chi connectivity index (χ1v) is 9.32. The Labute approximate surface area is 171 Å². The van der Waals surface area contributed by atoms with Gasteiger partial charge in [-0.1, -0.05) is 30.0 Å². The number of carbonyl (C=O) groups excluding carboxylic acids is 3.